The molecule has 1 amide bonds. The molecule has 0 aliphatic carbocycles. The van der Waals surface area contributed by atoms with E-state index in [4.69, 9.17) is 0 Å². The Morgan fingerprint density at radius 2 is 2.00 bits per heavy atom. The maximum atomic E-state index is 11.0. The molecule has 0 bridgehead atoms. The van der Waals surface area contributed by atoms with E-state index in [-0.39, 0.29) is 5.92 Å². The molecule has 0 aromatic carbocycles. The van der Waals surface area contributed by atoms with E-state index in [9.17, 15) is 15.1 Å². The van der Waals surface area contributed by atoms with E-state index >= 15 is 0 Å². The predicted molar refractivity (Wildman–Crippen MR) is 37.9 cm³/mol. The van der Waals surface area contributed by atoms with Crippen LogP contribution in [0, 0.1) is 5.92 Å². The molecule has 1 heterocycles. The lowest BCUT2D eigenvalue weighted by molar-refractivity contribution is -0.180. The molecule has 1 rings (SSSR count). The predicted octanol–water partition coefficient (Wildman–Crippen LogP) is -0.00660. The molecule has 1 saturated heterocycles. The van der Waals surface area contributed by atoms with Gasteiger partial charge in [0.2, 0.25) is 0 Å². The zero-order valence-corrected chi connectivity index (χ0v) is 6.90. The van der Waals surface area contributed by atoms with Crippen LogP contribution in [0.2, 0.25) is 0 Å². The number of amides is 1. The molecule has 0 saturated carbocycles. The lowest BCUT2D eigenvalue weighted by Crippen LogP contribution is -2.40. The number of hydrogen-bond donors (Lipinski definition) is 2. The van der Waals surface area contributed by atoms with Gasteiger partial charge in [-0.2, -0.15) is 0 Å². The highest BCUT2D eigenvalue weighted by molar-refractivity contribution is 5.83. The average Bonchev–Trinajstić information content (AvgIpc) is 2.06. The molecule has 11 heavy (non-hydrogen) atoms. The summed E-state index contributed by atoms with van der Waals surface area (Å²) in [6, 6.07) is 0. The van der Waals surface area contributed by atoms with Crippen molar-refractivity contribution in [3.05, 3.63) is 0 Å². The summed E-state index contributed by atoms with van der Waals surface area (Å²) < 4.78 is 0. The largest absolute Gasteiger partial charge is 0.383 e. The van der Waals surface area contributed by atoms with E-state index in [0.717, 1.165) is 0 Å². The Kier molecular flexibility index (Phi) is 1.69. The summed E-state index contributed by atoms with van der Waals surface area (Å²) in [5.41, 5.74) is -0.656. The second kappa shape index (κ2) is 2.19. The van der Waals surface area contributed by atoms with Crippen molar-refractivity contribution in [3.63, 3.8) is 0 Å². The SMILES string of the molecule is CC1C(O)C(=O)N(O)C1(C)C. The summed E-state index contributed by atoms with van der Waals surface area (Å²) in [6.07, 6.45) is -1.06. The Hall–Kier alpha value is -0.610. The Bertz CT molecular complexity index is 190. The molecule has 2 unspecified atom stereocenters. The molecule has 0 aromatic heterocycles. The molecule has 0 radical (unpaired) electrons. The normalized spacial score (nSPS) is 36.5. The third kappa shape index (κ3) is 0.937. The molecule has 2 N–H and O–H groups in total. The van der Waals surface area contributed by atoms with E-state index in [1.807, 2.05) is 0 Å². The number of hydroxylamine groups is 2. The van der Waals surface area contributed by atoms with Crippen LogP contribution >= 0.6 is 0 Å². The summed E-state index contributed by atoms with van der Waals surface area (Å²) in [5, 5.41) is 19.0. The van der Waals surface area contributed by atoms with Crippen molar-refractivity contribution in [2.24, 2.45) is 5.92 Å². The highest BCUT2D eigenvalue weighted by atomic mass is 16.5. The van der Waals surface area contributed by atoms with Crippen LogP contribution in [0.3, 0.4) is 0 Å². The van der Waals surface area contributed by atoms with Gasteiger partial charge in [-0.15, -0.1) is 0 Å². The van der Waals surface area contributed by atoms with Crippen LogP contribution in [0.25, 0.3) is 0 Å². The number of carbonyl (C=O) groups excluding carboxylic acids is 1. The molecule has 4 heteroatoms. The molecule has 0 spiro atoms. The van der Waals surface area contributed by atoms with Crippen molar-refractivity contribution in [1.82, 2.24) is 5.06 Å². The molecule has 1 fully saturated rings. The number of hydrogen-bond acceptors (Lipinski definition) is 3. The van der Waals surface area contributed by atoms with Gasteiger partial charge in [0.1, 0.15) is 6.10 Å². The molecular weight excluding hydrogens is 146 g/mol. The summed E-state index contributed by atoms with van der Waals surface area (Å²) in [4.78, 5) is 11.0. The Labute approximate surface area is 65.4 Å². The number of aliphatic hydroxyl groups is 1. The summed E-state index contributed by atoms with van der Waals surface area (Å²) in [5.74, 6) is -0.845. The number of nitrogens with zero attached hydrogens (tertiary/aromatic N) is 1. The van der Waals surface area contributed by atoms with Gasteiger partial charge in [-0.25, -0.2) is 5.06 Å². The first kappa shape index (κ1) is 8.49. The van der Waals surface area contributed by atoms with Gasteiger partial charge in [-0.05, 0) is 13.8 Å². The fourth-order valence-electron chi connectivity index (χ4n) is 1.20. The van der Waals surface area contributed by atoms with Crippen molar-refractivity contribution in [2.45, 2.75) is 32.4 Å². The minimum Gasteiger partial charge on any atom is -0.383 e. The van der Waals surface area contributed by atoms with Gasteiger partial charge in [-0.3, -0.25) is 10.0 Å². The Morgan fingerprint density at radius 1 is 1.55 bits per heavy atom. The van der Waals surface area contributed by atoms with Crippen LogP contribution in [0.15, 0.2) is 0 Å². The molecule has 0 aromatic rings. The van der Waals surface area contributed by atoms with Crippen molar-refractivity contribution < 1.29 is 15.1 Å². The van der Waals surface area contributed by atoms with E-state index in [0.29, 0.717) is 5.06 Å². The monoisotopic (exact) mass is 159 g/mol. The van der Waals surface area contributed by atoms with E-state index in [2.05, 4.69) is 0 Å². The van der Waals surface area contributed by atoms with Crippen LogP contribution in [-0.2, 0) is 4.79 Å². The van der Waals surface area contributed by atoms with Crippen LogP contribution < -0.4 is 0 Å². The molecular formula is C7H13NO3. The van der Waals surface area contributed by atoms with Gasteiger partial charge in [-0.1, -0.05) is 6.92 Å². The maximum Gasteiger partial charge on any atom is 0.275 e. The fourth-order valence-corrected chi connectivity index (χ4v) is 1.20. The van der Waals surface area contributed by atoms with Gasteiger partial charge in [0.05, 0.1) is 5.54 Å². The highest BCUT2D eigenvalue weighted by Gasteiger charge is 2.50. The highest BCUT2D eigenvalue weighted by Crippen LogP contribution is 2.33. The van der Waals surface area contributed by atoms with Crippen molar-refractivity contribution in [1.29, 1.82) is 0 Å². The molecule has 4 nitrogen and oxygen atoms in total. The summed E-state index contributed by atoms with van der Waals surface area (Å²) in [6.45, 7) is 5.16. The van der Waals surface area contributed by atoms with Gasteiger partial charge in [0.15, 0.2) is 0 Å². The summed E-state index contributed by atoms with van der Waals surface area (Å²) in [7, 11) is 0. The van der Waals surface area contributed by atoms with Crippen molar-refractivity contribution in [2.75, 3.05) is 0 Å². The molecule has 64 valence electrons. The van der Waals surface area contributed by atoms with E-state index < -0.39 is 17.6 Å². The number of rotatable bonds is 0. The fraction of sp³-hybridized carbons (Fsp3) is 0.857. The zero-order valence-electron chi connectivity index (χ0n) is 6.90. The zero-order chi connectivity index (χ0) is 8.81. The lowest BCUT2D eigenvalue weighted by atomic mass is 9.89. The maximum absolute atomic E-state index is 11.0. The Balaban J connectivity index is 2.96. The van der Waals surface area contributed by atoms with Crippen LogP contribution in [0.4, 0.5) is 0 Å². The van der Waals surface area contributed by atoms with E-state index in [1.54, 1.807) is 20.8 Å². The second-order valence-electron chi connectivity index (χ2n) is 3.54. The van der Waals surface area contributed by atoms with Crippen LogP contribution in [0.1, 0.15) is 20.8 Å². The van der Waals surface area contributed by atoms with Gasteiger partial charge >= 0.3 is 0 Å². The first-order chi connectivity index (χ1) is 4.89. The third-order valence-corrected chi connectivity index (χ3v) is 2.60. The van der Waals surface area contributed by atoms with E-state index in [1.165, 1.54) is 0 Å². The quantitative estimate of drug-likeness (QED) is 0.489. The lowest BCUT2D eigenvalue weighted by Gasteiger charge is -2.28. The average molecular weight is 159 g/mol. The number of aliphatic hydroxyl groups excluding tert-OH is 1. The van der Waals surface area contributed by atoms with Gasteiger partial charge in [0.25, 0.3) is 5.91 Å². The second-order valence-corrected chi connectivity index (χ2v) is 3.54. The topological polar surface area (TPSA) is 60.8 Å². The smallest absolute Gasteiger partial charge is 0.275 e. The molecule has 1 aliphatic rings. The summed E-state index contributed by atoms with van der Waals surface area (Å²) >= 11 is 0. The first-order valence-electron chi connectivity index (χ1n) is 3.60. The number of carbonyl (C=O) groups is 1. The third-order valence-electron chi connectivity index (χ3n) is 2.60. The van der Waals surface area contributed by atoms with Crippen LogP contribution in [-0.4, -0.2) is 32.9 Å². The van der Waals surface area contributed by atoms with Gasteiger partial charge in [0, 0.05) is 5.92 Å². The van der Waals surface area contributed by atoms with Gasteiger partial charge < -0.3 is 5.11 Å². The van der Waals surface area contributed by atoms with Crippen molar-refractivity contribution in [3.8, 4) is 0 Å². The van der Waals surface area contributed by atoms with Crippen molar-refractivity contribution >= 4 is 5.91 Å². The van der Waals surface area contributed by atoms with Crippen LogP contribution in [0.5, 0.6) is 0 Å². The molecule has 2 atom stereocenters. The standard InChI is InChI=1S/C7H13NO3/c1-4-5(9)6(10)8(11)7(4,2)3/h4-5,9,11H,1-3H3. The Morgan fingerprint density at radius 3 is 2.09 bits per heavy atom. The minimum atomic E-state index is -1.06. The minimum absolute atomic E-state index is 0.236. The molecule has 1 aliphatic heterocycles. The first-order valence-corrected chi connectivity index (χ1v) is 3.60.